The Balaban J connectivity index is 1.59. The lowest BCUT2D eigenvalue weighted by atomic mass is 10.4. The molecule has 0 amide bonds. The molecule has 0 unspecified atom stereocenters. The zero-order valence-electron chi connectivity index (χ0n) is 8.90. The molecule has 0 saturated heterocycles. The molecule has 0 aliphatic carbocycles. The van der Waals surface area contributed by atoms with Crippen LogP contribution in [-0.4, -0.2) is 16.1 Å². The van der Waals surface area contributed by atoms with Crippen LogP contribution in [0.1, 0.15) is 12.2 Å². The van der Waals surface area contributed by atoms with Gasteiger partial charge in [0, 0.05) is 18.9 Å². The van der Waals surface area contributed by atoms with Gasteiger partial charge in [-0.05, 0) is 41.0 Å². The fraction of sp³-hybridized carbons (Fsp3) is 0.364. The highest BCUT2D eigenvalue weighted by molar-refractivity contribution is 9.10. The number of hydrogen-bond acceptors (Lipinski definition) is 3. The number of imidazole rings is 1. The zero-order chi connectivity index (χ0) is 11.2. The van der Waals surface area contributed by atoms with Gasteiger partial charge in [0.1, 0.15) is 5.76 Å². The molecule has 4 nitrogen and oxygen atoms in total. The first-order chi connectivity index (χ1) is 7.84. The van der Waals surface area contributed by atoms with Gasteiger partial charge in [-0.15, -0.1) is 0 Å². The van der Waals surface area contributed by atoms with Crippen molar-refractivity contribution in [3.63, 3.8) is 0 Å². The first kappa shape index (κ1) is 11.4. The third-order valence-electron chi connectivity index (χ3n) is 2.26. The quantitative estimate of drug-likeness (QED) is 0.828. The van der Waals surface area contributed by atoms with Gasteiger partial charge in [-0.1, -0.05) is 0 Å². The number of aromatic nitrogens is 2. The van der Waals surface area contributed by atoms with Crippen LogP contribution >= 0.6 is 15.9 Å². The summed E-state index contributed by atoms with van der Waals surface area (Å²) < 4.78 is 8.23. The van der Waals surface area contributed by atoms with E-state index in [1.165, 1.54) is 0 Å². The third-order valence-corrected chi connectivity index (χ3v) is 2.68. The Kier molecular flexibility index (Phi) is 4.18. The molecule has 0 saturated carbocycles. The van der Waals surface area contributed by atoms with E-state index < -0.39 is 0 Å². The van der Waals surface area contributed by atoms with Crippen molar-refractivity contribution in [3.05, 3.63) is 41.3 Å². The first-order valence-corrected chi connectivity index (χ1v) is 6.04. The Hall–Kier alpha value is -1.07. The fourth-order valence-electron chi connectivity index (χ4n) is 1.46. The maximum absolute atomic E-state index is 5.37. The summed E-state index contributed by atoms with van der Waals surface area (Å²) in [5.74, 6) is 0.953. The van der Waals surface area contributed by atoms with Gasteiger partial charge >= 0.3 is 0 Å². The highest BCUT2D eigenvalue weighted by Gasteiger charge is 1.98. The van der Waals surface area contributed by atoms with E-state index in [0.29, 0.717) is 0 Å². The van der Waals surface area contributed by atoms with Gasteiger partial charge in [-0.3, -0.25) is 0 Å². The molecule has 2 aromatic heterocycles. The summed E-state index contributed by atoms with van der Waals surface area (Å²) in [7, 11) is 0. The second-order valence-corrected chi connectivity index (χ2v) is 4.32. The lowest BCUT2D eigenvalue weighted by molar-refractivity contribution is 0.460. The lowest BCUT2D eigenvalue weighted by Gasteiger charge is -2.03. The Morgan fingerprint density at radius 2 is 2.38 bits per heavy atom. The summed E-state index contributed by atoms with van der Waals surface area (Å²) in [4.78, 5) is 3.99. The maximum atomic E-state index is 5.37. The van der Waals surface area contributed by atoms with E-state index in [1.807, 2.05) is 24.7 Å². The SMILES string of the molecule is Brc1ccc(CNCCCn2ccnc2)o1. The van der Waals surface area contributed by atoms with Crippen LogP contribution in [0.3, 0.4) is 0 Å². The molecule has 0 spiro atoms. The monoisotopic (exact) mass is 283 g/mol. The number of furan rings is 1. The van der Waals surface area contributed by atoms with Crippen LogP contribution in [-0.2, 0) is 13.1 Å². The fourth-order valence-corrected chi connectivity index (χ4v) is 1.80. The van der Waals surface area contributed by atoms with E-state index in [1.54, 1.807) is 6.20 Å². The number of rotatable bonds is 6. The van der Waals surface area contributed by atoms with Crippen LogP contribution in [0.2, 0.25) is 0 Å². The summed E-state index contributed by atoms with van der Waals surface area (Å²) >= 11 is 3.28. The Morgan fingerprint density at radius 1 is 1.44 bits per heavy atom. The standard InChI is InChI=1S/C11H14BrN3O/c12-11-3-2-10(16-11)8-13-4-1-6-15-7-5-14-9-15/h2-3,5,7,9,13H,1,4,6,8H2. The maximum Gasteiger partial charge on any atom is 0.169 e. The molecule has 16 heavy (non-hydrogen) atoms. The summed E-state index contributed by atoms with van der Waals surface area (Å²) in [6.45, 7) is 2.74. The van der Waals surface area contributed by atoms with Gasteiger partial charge in [-0.25, -0.2) is 4.98 Å². The van der Waals surface area contributed by atoms with E-state index in [2.05, 4.69) is 30.8 Å². The van der Waals surface area contributed by atoms with Crippen LogP contribution in [0.15, 0.2) is 39.9 Å². The van der Waals surface area contributed by atoms with Crippen molar-refractivity contribution in [3.8, 4) is 0 Å². The predicted octanol–water partition coefficient (Wildman–Crippen LogP) is 2.42. The third kappa shape index (κ3) is 3.50. The van der Waals surface area contributed by atoms with Crippen LogP contribution in [0.5, 0.6) is 0 Å². The molecule has 0 atom stereocenters. The number of halogens is 1. The zero-order valence-corrected chi connectivity index (χ0v) is 10.5. The highest BCUT2D eigenvalue weighted by atomic mass is 79.9. The second kappa shape index (κ2) is 5.86. The van der Waals surface area contributed by atoms with Gasteiger partial charge in [0.25, 0.3) is 0 Å². The Labute approximate surface area is 103 Å². The number of aryl methyl sites for hydroxylation is 1. The Bertz CT molecular complexity index is 411. The summed E-state index contributed by atoms with van der Waals surface area (Å²) in [5.41, 5.74) is 0. The van der Waals surface area contributed by atoms with Crippen molar-refractivity contribution >= 4 is 15.9 Å². The topological polar surface area (TPSA) is 43.0 Å². The van der Waals surface area contributed by atoms with E-state index in [0.717, 1.165) is 36.5 Å². The average molecular weight is 284 g/mol. The molecule has 1 N–H and O–H groups in total. The van der Waals surface area contributed by atoms with E-state index in [4.69, 9.17) is 4.42 Å². The predicted molar refractivity (Wildman–Crippen MR) is 65.0 cm³/mol. The molecule has 0 fully saturated rings. The van der Waals surface area contributed by atoms with Gasteiger partial charge in [0.15, 0.2) is 4.67 Å². The van der Waals surface area contributed by atoms with Gasteiger partial charge in [0.2, 0.25) is 0 Å². The normalized spacial score (nSPS) is 10.8. The minimum Gasteiger partial charge on any atom is -0.453 e. The largest absolute Gasteiger partial charge is 0.453 e. The summed E-state index contributed by atoms with van der Waals surface area (Å²) in [6.07, 6.45) is 6.69. The molecule has 0 radical (unpaired) electrons. The smallest absolute Gasteiger partial charge is 0.169 e. The van der Waals surface area contributed by atoms with Crippen molar-refractivity contribution in [2.45, 2.75) is 19.5 Å². The molecule has 2 rings (SSSR count). The number of nitrogens with zero attached hydrogens (tertiary/aromatic N) is 2. The van der Waals surface area contributed by atoms with E-state index in [-0.39, 0.29) is 0 Å². The first-order valence-electron chi connectivity index (χ1n) is 5.25. The van der Waals surface area contributed by atoms with Crippen LogP contribution in [0.4, 0.5) is 0 Å². The Morgan fingerprint density at radius 3 is 3.06 bits per heavy atom. The number of hydrogen-bond donors (Lipinski definition) is 1. The van der Waals surface area contributed by atoms with E-state index >= 15 is 0 Å². The van der Waals surface area contributed by atoms with Crippen molar-refractivity contribution < 1.29 is 4.42 Å². The van der Waals surface area contributed by atoms with Crippen molar-refractivity contribution in [1.29, 1.82) is 0 Å². The van der Waals surface area contributed by atoms with Gasteiger partial charge < -0.3 is 14.3 Å². The van der Waals surface area contributed by atoms with Crippen LogP contribution < -0.4 is 5.32 Å². The number of nitrogens with one attached hydrogen (secondary N) is 1. The molecule has 0 aliphatic heterocycles. The van der Waals surface area contributed by atoms with Crippen molar-refractivity contribution in [2.24, 2.45) is 0 Å². The second-order valence-electron chi connectivity index (χ2n) is 3.54. The molecular formula is C11H14BrN3O. The molecule has 0 aliphatic rings. The van der Waals surface area contributed by atoms with Crippen LogP contribution in [0, 0.1) is 0 Å². The molecule has 0 bridgehead atoms. The molecule has 0 aromatic carbocycles. The highest BCUT2D eigenvalue weighted by Crippen LogP contribution is 2.13. The molecule has 86 valence electrons. The average Bonchev–Trinajstić information content (AvgIpc) is 2.89. The molecule has 5 heteroatoms. The van der Waals surface area contributed by atoms with Gasteiger partial charge in [0.05, 0.1) is 12.9 Å². The lowest BCUT2D eigenvalue weighted by Crippen LogP contribution is -2.15. The summed E-state index contributed by atoms with van der Waals surface area (Å²) in [5, 5.41) is 3.33. The molecule has 2 aromatic rings. The minimum atomic E-state index is 0.773. The minimum absolute atomic E-state index is 0.773. The van der Waals surface area contributed by atoms with Crippen LogP contribution in [0.25, 0.3) is 0 Å². The summed E-state index contributed by atoms with van der Waals surface area (Å²) in [6, 6.07) is 3.87. The van der Waals surface area contributed by atoms with E-state index in [9.17, 15) is 0 Å². The van der Waals surface area contributed by atoms with Gasteiger partial charge in [-0.2, -0.15) is 0 Å². The molecular weight excluding hydrogens is 270 g/mol. The van der Waals surface area contributed by atoms with Crippen molar-refractivity contribution in [1.82, 2.24) is 14.9 Å². The molecule has 2 heterocycles. The van der Waals surface area contributed by atoms with Crippen molar-refractivity contribution in [2.75, 3.05) is 6.54 Å².